The molecule has 1 aromatic carbocycles. The van der Waals surface area contributed by atoms with E-state index in [1.54, 1.807) is 12.1 Å². The molecule has 0 radical (unpaired) electrons. The van der Waals surface area contributed by atoms with Crippen LogP contribution in [0.15, 0.2) is 29.3 Å². The van der Waals surface area contributed by atoms with Crippen molar-refractivity contribution >= 4 is 10.0 Å². The number of benzene rings is 1. The third-order valence-electron chi connectivity index (χ3n) is 4.79. The molecule has 2 aliphatic rings. The van der Waals surface area contributed by atoms with Crippen molar-refractivity contribution in [2.75, 3.05) is 19.8 Å². The van der Waals surface area contributed by atoms with Crippen molar-refractivity contribution < 1.29 is 17.9 Å². The number of ether oxygens (including phenoxy) is 2. The van der Waals surface area contributed by atoms with E-state index in [0.29, 0.717) is 37.8 Å². The van der Waals surface area contributed by atoms with Crippen molar-refractivity contribution in [3.05, 3.63) is 35.7 Å². The van der Waals surface area contributed by atoms with Crippen molar-refractivity contribution in [1.82, 2.24) is 14.5 Å². The Morgan fingerprint density at radius 1 is 1.08 bits per heavy atom. The highest BCUT2D eigenvalue weighted by molar-refractivity contribution is 7.89. The molecule has 140 valence electrons. The fourth-order valence-electron chi connectivity index (χ4n) is 3.43. The van der Waals surface area contributed by atoms with E-state index in [1.807, 2.05) is 10.9 Å². The van der Waals surface area contributed by atoms with Gasteiger partial charge in [0.2, 0.25) is 10.0 Å². The molecule has 2 aromatic rings. The zero-order valence-electron chi connectivity index (χ0n) is 14.6. The van der Waals surface area contributed by atoms with E-state index in [0.717, 1.165) is 19.3 Å². The van der Waals surface area contributed by atoms with Crippen LogP contribution in [-0.2, 0) is 29.4 Å². The molecule has 0 amide bonds. The monoisotopic (exact) mass is 377 g/mol. The summed E-state index contributed by atoms with van der Waals surface area (Å²) in [6.07, 6.45) is 7.15. The summed E-state index contributed by atoms with van der Waals surface area (Å²) >= 11 is 0. The van der Waals surface area contributed by atoms with Crippen LogP contribution in [0.3, 0.4) is 0 Å². The van der Waals surface area contributed by atoms with Gasteiger partial charge in [0.1, 0.15) is 0 Å². The fourth-order valence-corrected chi connectivity index (χ4v) is 4.46. The molecule has 1 aliphatic carbocycles. The van der Waals surface area contributed by atoms with Gasteiger partial charge in [-0.25, -0.2) is 13.1 Å². The smallest absolute Gasteiger partial charge is 0.240 e. The largest absolute Gasteiger partial charge is 0.490 e. The van der Waals surface area contributed by atoms with Gasteiger partial charge in [0.15, 0.2) is 11.5 Å². The minimum Gasteiger partial charge on any atom is -0.490 e. The number of aryl methyl sites for hydroxylation is 1. The van der Waals surface area contributed by atoms with Crippen molar-refractivity contribution in [3.63, 3.8) is 0 Å². The quantitative estimate of drug-likeness (QED) is 0.861. The van der Waals surface area contributed by atoms with Gasteiger partial charge in [-0.1, -0.05) is 0 Å². The molecule has 26 heavy (non-hydrogen) atoms. The Hall–Kier alpha value is -2.06. The maximum atomic E-state index is 12.6. The van der Waals surface area contributed by atoms with Gasteiger partial charge in [-0.3, -0.25) is 4.68 Å². The number of nitrogens with zero attached hydrogens (tertiary/aromatic N) is 2. The van der Waals surface area contributed by atoms with Crippen LogP contribution in [0.4, 0.5) is 0 Å². The molecule has 4 rings (SSSR count). The summed E-state index contributed by atoms with van der Waals surface area (Å²) in [5.41, 5.74) is 2.54. The second-order valence-corrected chi connectivity index (χ2v) is 8.37. The highest BCUT2D eigenvalue weighted by Gasteiger charge is 2.19. The van der Waals surface area contributed by atoms with E-state index in [-0.39, 0.29) is 4.90 Å². The predicted octanol–water partition coefficient (Wildman–Crippen LogP) is 1.90. The Morgan fingerprint density at radius 2 is 1.88 bits per heavy atom. The van der Waals surface area contributed by atoms with Gasteiger partial charge < -0.3 is 9.47 Å². The molecule has 7 nitrogen and oxygen atoms in total. The van der Waals surface area contributed by atoms with Crippen molar-refractivity contribution in [3.8, 4) is 11.5 Å². The summed E-state index contributed by atoms with van der Waals surface area (Å²) in [5.74, 6) is 1.07. The summed E-state index contributed by atoms with van der Waals surface area (Å²) in [5, 5.41) is 4.40. The molecule has 0 unspecified atom stereocenters. The molecular formula is C18H23N3O4S. The van der Waals surface area contributed by atoms with Gasteiger partial charge >= 0.3 is 0 Å². The average molecular weight is 377 g/mol. The summed E-state index contributed by atoms with van der Waals surface area (Å²) in [4.78, 5) is 0.184. The Labute approximate surface area is 153 Å². The van der Waals surface area contributed by atoms with Crippen LogP contribution in [-0.4, -0.2) is 38.0 Å². The van der Waals surface area contributed by atoms with E-state index < -0.39 is 10.0 Å². The molecule has 0 saturated carbocycles. The molecule has 0 fully saturated rings. The normalized spacial score (nSPS) is 16.8. The Kier molecular flexibility index (Phi) is 4.86. The van der Waals surface area contributed by atoms with Crippen LogP contribution in [0.1, 0.15) is 30.5 Å². The van der Waals surface area contributed by atoms with E-state index >= 15 is 0 Å². The maximum absolute atomic E-state index is 12.6. The lowest BCUT2D eigenvalue weighted by atomic mass is 9.98. The topological polar surface area (TPSA) is 82.5 Å². The number of hydrogen-bond acceptors (Lipinski definition) is 5. The molecule has 0 spiro atoms. The second-order valence-electron chi connectivity index (χ2n) is 6.60. The number of sulfonamides is 1. The van der Waals surface area contributed by atoms with Crippen LogP contribution < -0.4 is 14.2 Å². The SMILES string of the molecule is O=S(=O)(NCCn1ncc2c1CCCC2)c1ccc2c(c1)OCCCO2. The molecule has 0 saturated heterocycles. The molecule has 2 heterocycles. The van der Waals surface area contributed by atoms with E-state index in [4.69, 9.17) is 9.47 Å². The summed E-state index contributed by atoms with van der Waals surface area (Å²) in [6, 6.07) is 4.73. The zero-order valence-corrected chi connectivity index (χ0v) is 15.4. The lowest BCUT2D eigenvalue weighted by molar-refractivity contribution is 0.297. The first-order valence-corrected chi connectivity index (χ1v) is 10.5. The molecule has 0 bridgehead atoms. The number of rotatable bonds is 5. The van der Waals surface area contributed by atoms with Gasteiger partial charge in [-0.15, -0.1) is 0 Å². The molecule has 0 atom stereocenters. The molecule has 1 aliphatic heterocycles. The van der Waals surface area contributed by atoms with Crippen molar-refractivity contribution in [2.24, 2.45) is 0 Å². The highest BCUT2D eigenvalue weighted by atomic mass is 32.2. The first-order valence-electron chi connectivity index (χ1n) is 9.06. The Balaban J connectivity index is 1.43. The van der Waals surface area contributed by atoms with E-state index in [2.05, 4.69) is 9.82 Å². The van der Waals surface area contributed by atoms with Crippen LogP contribution in [0.25, 0.3) is 0 Å². The lowest BCUT2D eigenvalue weighted by Gasteiger charge is -2.14. The fraction of sp³-hybridized carbons (Fsp3) is 0.500. The van der Waals surface area contributed by atoms with E-state index in [1.165, 1.54) is 30.2 Å². The minimum atomic E-state index is -3.61. The number of hydrogen-bond donors (Lipinski definition) is 1. The number of aromatic nitrogens is 2. The molecule has 1 aromatic heterocycles. The Bertz CT molecular complexity index is 892. The van der Waals surface area contributed by atoms with Crippen LogP contribution in [0, 0.1) is 0 Å². The van der Waals surface area contributed by atoms with Crippen molar-refractivity contribution in [1.29, 1.82) is 0 Å². The lowest BCUT2D eigenvalue weighted by Crippen LogP contribution is -2.28. The maximum Gasteiger partial charge on any atom is 0.240 e. The summed E-state index contributed by atoms with van der Waals surface area (Å²) in [6.45, 7) is 1.92. The minimum absolute atomic E-state index is 0.184. The number of nitrogens with one attached hydrogen (secondary N) is 1. The van der Waals surface area contributed by atoms with Crippen LogP contribution in [0.2, 0.25) is 0 Å². The predicted molar refractivity (Wildman–Crippen MR) is 96.1 cm³/mol. The second kappa shape index (κ2) is 7.28. The average Bonchev–Trinajstić information content (AvgIpc) is 2.90. The van der Waals surface area contributed by atoms with Gasteiger partial charge in [0, 0.05) is 24.7 Å². The third kappa shape index (κ3) is 3.57. The summed E-state index contributed by atoms with van der Waals surface area (Å²) in [7, 11) is -3.61. The first kappa shape index (κ1) is 17.4. The van der Waals surface area contributed by atoms with E-state index in [9.17, 15) is 8.42 Å². The van der Waals surface area contributed by atoms with Crippen LogP contribution in [0.5, 0.6) is 11.5 Å². The van der Waals surface area contributed by atoms with Crippen molar-refractivity contribution in [2.45, 2.75) is 43.5 Å². The van der Waals surface area contributed by atoms with Gasteiger partial charge in [0.05, 0.1) is 30.9 Å². The zero-order chi connectivity index (χ0) is 18.0. The van der Waals surface area contributed by atoms with Gasteiger partial charge in [0.25, 0.3) is 0 Å². The standard InChI is InChI=1S/C18H23N3O4S/c22-26(23,15-6-7-17-18(12-15)25-11-3-10-24-17)20-8-9-21-16-5-2-1-4-14(16)13-19-21/h6-7,12-13,20H,1-5,8-11H2. The molecular weight excluding hydrogens is 354 g/mol. The summed E-state index contributed by atoms with van der Waals surface area (Å²) < 4.78 is 40.9. The third-order valence-corrected chi connectivity index (χ3v) is 6.25. The molecule has 8 heteroatoms. The van der Waals surface area contributed by atoms with Gasteiger partial charge in [-0.2, -0.15) is 5.10 Å². The highest BCUT2D eigenvalue weighted by Crippen LogP contribution is 2.31. The Morgan fingerprint density at radius 3 is 2.77 bits per heavy atom. The first-order chi connectivity index (χ1) is 12.6. The van der Waals surface area contributed by atoms with Gasteiger partial charge in [-0.05, 0) is 43.4 Å². The number of fused-ring (bicyclic) bond motifs is 2. The molecule has 1 N–H and O–H groups in total. The van der Waals surface area contributed by atoms with Crippen LogP contribution >= 0.6 is 0 Å².